The molecule has 4 aromatic rings. The molecule has 0 aliphatic carbocycles. The zero-order valence-electron chi connectivity index (χ0n) is 41.0. The number of nitrogens with zero attached hydrogens (tertiary/aromatic N) is 7. The lowest BCUT2D eigenvalue weighted by molar-refractivity contribution is -0.155. The van der Waals surface area contributed by atoms with Crippen molar-refractivity contribution in [3.05, 3.63) is 52.1 Å². The summed E-state index contributed by atoms with van der Waals surface area (Å²) in [5.41, 5.74) is 10.4. The molecule has 0 radical (unpaired) electrons. The van der Waals surface area contributed by atoms with E-state index < -0.39 is 53.1 Å². The molecule has 0 spiro atoms. The van der Waals surface area contributed by atoms with Gasteiger partial charge in [-0.1, -0.05) is 33.8 Å². The van der Waals surface area contributed by atoms with Gasteiger partial charge in [0.1, 0.15) is 24.0 Å². The van der Waals surface area contributed by atoms with Crippen molar-refractivity contribution in [2.24, 2.45) is 17.3 Å². The van der Waals surface area contributed by atoms with E-state index in [0.29, 0.717) is 50.3 Å². The number of anilines is 1. The van der Waals surface area contributed by atoms with Crippen molar-refractivity contribution in [3.63, 3.8) is 0 Å². The average Bonchev–Trinajstić information content (AvgIpc) is 4.06. The third-order valence-electron chi connectivity index (χ3n) is 14.1. The number of esters is 1. The number of aromatic nitrogens is 3. The van der Waals surface area contributed by atoms with Gasteiger partial charge in [-0.3, -0.25) is 34.0 Å². The summed E-state index contributed by atoms with van der Waals surface area (Å²) in [4.78, 5) is 85.4. The number of nitrogens with one attached hydrogen (secondary N) is 3. The maximum absolute atomic E-state index is 14.6. The molecule has 1 aromatic carbocycles. The van der Waals surface area contributed by atoms with E-state index in [1.165, 1.54) is 28.3 Å². The molecule has 3 saturated heterocycles. The Balaban J connectivity index is 1.21. The molecular weight excluding hydrogens is 885 g/mol. The van der Waals surface area contributed by atoms with Crippen LogP contribution in [0.1, 0.15) is 83.2 Å². The first-order valence-electron chi connectivity index (χ1n) is 24.1. The second-order valence-electron chi connectivity index (χ2n) is 20.0. The van der Waals surface area contributed by atoms with E-state index in [-0.39, 0.29) is 31.0 Å². The highest BCUT2D eigenvalue weighted by molar-refractivity contribution is 7.10. The van der Waals surface area contributed by atoms with Crippen molar-refractivity contribution in [2.75, 3.05) is 72.0 Å². The Kier molecular flexibility index (Phi) is 14.6. The van der Waals surface area contributed by atoms with Crippen LogP contribution in [0.3, 0.4) is 0 Å². The molecule has 4 aliphatic heterocycles. The zero-order valence-corrected chi connectivity index (χ0v) is 41.8. The quantitative estimate of drug-likeness (QED) is 0.149. The lowest BCUT2D eigenvalue weighted by Crippen LogP contribution is -2.62. The van der Waals surface area contributed by atoms with Crippen LogP contribution < -0.4 is 21.0 Å². The molecular formula is C50H68N10O7S. The van der Waals surface area contributed by atoms with Crippen molar-refractivity contribution in [3.8, 4) is 22.5 Å². The fourth-order valence-electron chi connectivity index (χ4n) is 10.2. The van der Waals surface area contributed by atoms with E-state index in [0.717, 1.165) is 76.5 Å². The molecule has 1 unspecified atom stereocenters. The molecule has 5 atom stereocenters. The number of ether oxygens (including phenoxy) is 2. The first-order chi connectivity index (χ1) is 32.5. The van der Waals surface area contributed by atoms with E-state index >= 15 is 0 Å². The molecule has 3 N–H and O–H groups in total. The molecule has 3 aromatic heterocycles. The van der Waals surface area contributed by atoms with Gasteiger partial charge in [0.2, 0.25) is 17.7 Å². The number of amides is 4. The first kappa shape index (κ1) is 49.0. The topological polar surface area (TPSA) is 184 Å². The number of methoxy groups -OCH3 is 1. The molecule has 17 nitrogen and oxygen atoms in total. The van der Waals surface area contributed by atoms with Gasteiger partial charge in [-0.15, -0.1) is 11.3 Å². The number of hydrogen-bond donors (Lipinski definition) is 3. The molecule has 3 fully saturated rings. The Morgan fingerprint density at radius 1 is 1.07 bits per heavy atom. The number of cyclic esters (lactones) is 1. The van der Waals surface area contributed by atoms with Gasteiger partial charge in [0.15, 0.2) is 0 Å². The van der Waals surface area contributed by atoms with Gasteiger partial charge < -0.3 is 39.4 Å². The molecule has 4 aliphatic rings. The maximum Gasteiger partial charge on any atom is 0.324 e. The number of aryl methyl sites for hydroxylation is 1. The van der Waals surface area contributed by atoms with Gasteiger partial charge in [0, 0.05) is 99.2 Å². The molecule has 366 valence electrons. The Morgan fingerprint density at radius 3 is 2.53 bits per heavy atom. The molecule has 68 heavy (non-hydrogen) atoms. The van der Waals surface area contributed by atoms with Crippen molar-refractivity contribution < 1.29 is 33.4 Å². The molecule has 0 saturated carbocycles. The highest BCUT2D eigenvalue weighted by atomic mass is 32.1. The summed E-state index contributed by atoms with van der Waals surface area (Å²) < 4.78 is 14.5. The Hall–Kier alpha value is -5.43. The molecule has 8 rings (SSSR count). The van der Waals surface area contributed by atoms with E-state index in [9.17, 15) is 24.0 Å². The smallest absolute Gasteiger partial charge is 0.324 e. The van der Waals surface area contributed by atoms with Crippen LogP contribution in [-0.2, 0) is 52.8 Å². The largest absolute Gasteiger partial charge is 0.464 e. The van der Waals surface area contributed by atoms with Crippen molar-refractivity contribution in [2.45, 2.75) is 104 Å². The lowest BCUT2D eigenvalue weighted by Gasteiger charge is -2.36. The highest BCUT2D eigenvalue weighted by Gasteiger charge is 2.41. The number of piperazine rings is 1. The van der Waals surface area contributed by atoms with Crippen LogP contribution in [0.2, 0.25) is 0 Å². The van der Waals surface area contributed by atoms with Crippen LogP contribution in [0.4, 0.5) is 5.69 Å². The van der Waals surface area contributed by atoms with E-state index in [1.54, 1.807) is 7.11 Å². The van der Waals surface area contributed by atoms with Crippen LogP contribution in [0.25, 0.3) is 33.4 Å². The number of pyridine rings is 1. The van der Waals surface area contributed by atoms with Crippen LogP contribution in [0, 0.1) is 17.3 Å². The average molecular weight is 953 g/mol. The second-order valence-corrected chi connectivity index (χ2v) is 21.0. The summed E-state index contributed by atoms with van der Waals surface area (Å²) in [6, 6.07) is 5.83. The monoisotopic (exact) mass is 952 g/mol. The number of thiazole rings is 1. The van der Waals surface area contributed by atoms with E-state index in [1.807, 2.05) is 32.3 Å². The minimum absolute atomic E-state index is 0.0607. The van der Waals surface area contributed by atoms with Crippen molar-refractivity contribution in [1.29, 1.82) is 0 Å². The number of likely N-dealkylation sites (N-methyl/N-ethyl adjacent to an activating group) is 2. The molecule has 6 bridgehead atoms. The highest BCUT2D eigenvalue weighted by Crippen LogP contribution is 2.43. The Labute approximate surface area is 403 Å². The van der Waals surface area contributed by atoms with Crippen molar-refractivity contribution in [1.82, 2.24) is 45.4 Å². The summed E-state index contributed by atoms with van der Waals surface area (Å²) in [6.45, 7) is 17.3. The van der Waals surface area contributed by atoms with Gasteiger partial charge in [0.25, 0.3) is 5.91 Å². The predicted octanol–water partition coefficient (Wildman–Crippen LogP) is 4.57. The maximum atomic E-state index is 14.6. The summed E-state index contributed by atoms with van der Waals surface area (Å²) in [5.74, 6) is -3.45. The number of hydrogen-bond acceptors (Lipinski definition) is 13. The zero-order chi connectivity index (χ0) is 48.6. The minimum Gasteiger partial charge on any atom is -0.464 e. The van der Waals surface area contributed by atoms with Crippen molar-refractivity contribution >= 4 is 57.5 Å². The molecule has 4 amide bonds. The normalized spacial score (nSPS) is 22.4. The lowest BCUT2D eigenvalue weighted by atomic mass is 9.84. The summed E-state index contributed by atoms with van der Waals surface area (Å²) >= 11 is 1.40. The number of rotatable bonds is 10. The summed E-state index contributed by atoms with van der Waals surface area (Å²) in [7, 11) is 5.39. The standard InChI is InChI=1S/C50H68N10O7S/c1-10-59-40-14-13-31-22-34(40)36(44(59)35-23-32(26-52-42(35)30(4)66-9)58-20-18-56(7)19-21-58)25-50(5,6)28-67-49(65)37-12-11-17-60(55-37)48(64)38(24-41-53-39(31)27-68-41)54-46(62)43(29(2)3)57(8)47(63)33-15-16-51-45(33)61/h13-14,22-23,26-27,29-30,33,37-38,43,55H,10-12,15-21,24-25,28H2,1-9H3,(H,51,61)(H,54,62)/t30-,33-,37-,38-,43?/m0/s1. The van der Waals surface area contributed by atoms with Gasteiger partial charge in [-0.25, -0.2) is 10.4 Å². The third-order valence-corrected chi connectivity index (χ3v) is 15.0. The number of fused-ring (bicyclic) bond motifs is 6. The Bertz CT molecular complexity index is 2550. The number of benzene rings is 1. The fourth-order valence-corrected chi connectivity index (χ4v) is 11.1. The molecule has 18 heteroatoms. The van der Waals surface area contributed by atoms with Gasteiger partial charge in [-0.2, -0.15) is 0 Å². The van der Waals surface area contributed by atoms with Crippen LogP contribution in [0.5, 0.6) is 0 Å². The summed E-state index contributed by atoms with van der Waals surface area (Å²) in [6.07, 6.45) is 3.65. The number of hydrazine groups is 1. The second kappa shape index (κ2) is 20.3. The summed E-state index contributed by atoms with van der Waals surface area (Å²) in [5, 5.41) is 10.8. The SMILES string of the molecule is CCn1c(-c2cc(N3CCN(C)CC3)cnc2[C@H](C)OC)c2c3cc(ccc31)-c1csc(n1)C[C@H](NC(=O)C(C(C)C)N(C)C(=O)[C@H]1CCNC1=O)C(=O)N1CCC[C@H](N1)C(=O)OCC(C)(C)C2. The van der Waals surface area contributed by atoms with E-state index in [4.69, 9.17) is 19.4 Å². The molecule has 7 heterocycles. The van der Waals surface area contributed by atoms with Crippen LogP contribution >= 0.6 is 11.3 Å². The third kappa shape index (κ3) is 10.0. The van der Waals surface area contributed by atoms with Gasteiger partial charge in [0.05, 0.1) is 46.7 Å². The van der Waals surface area contributed by atoms with E-state index in [2.05, 4.69) is 82.5 Å². The minimum atomic E-state index is -1.10. The first-order valence-corrected chi connectivity index (χ1v) is 25.0. The Morgan fingerprint density at radius 2 is 1.84 bits per heavy atom. The van der Waals surface area contributed by atoms with Crippen LogP contribution in [0.15, 0.2) is 35.8 Å². The van der Waals surface area contributed by atoms with Gasteiger partial charge in [-0.05, 0) is 76.3 Å². The number of carbonyl (C=O) groups excluding carboxylic acids is 5. The number of carbonyl (C=O) groups is 5. The van der Waals surface area contributed by atoms with Crippen LogP contribution in [-0.4, -0.2) is 144 Å². The fraction of sp³-hybridized carbons (Fsp3) is 0.580. The predicted molar refractivity (Wildman–Crippen MR) is 262 cm³/mol. The van der Waals surface area contributed by atoms with Gasteiger partial charge >= 0.3 is 5.97 Å².